The first kappa shape index (κ1) is 9.62. The van der Waals surface area contributed by atoms with Crippen molar-refractivity contribution in [3.63, 3.8) is 0 Å². The van der Waals surface area contributed by atoms with Gasteiger partial charge in [-0.15, -0.1) is 0 Å². The Hall–Kier alpha value is -0.930. The standard InChI is InChI=1S/C11H14FNO/c12-10-3-1-9(2-4-10)7-11(14)5-6-13-8-11/h1-4,13-14H,5-8H2/t11-/m1/s1. The molecule has 76 valence electrons. The number of benzene rings is 1. The zero-order valence-electron chi connectivity index (χ0n) is 7.96. The molecule has 0 aliphatic carbocycles. The lowest BCUT2D eigenvalue weighted by Gasteiger charge is -2.20. The van der Waals surface area contributed by atoms with Crippen LogP contribution in [0.15, 0.2) is 24.3 Å². The van der Waals surface area contributed by atoms with Gasteiger partial charge in [0, 0.05) is 13.0 Å². The van der Waals surface area contributed by atoms with Gasteiger partial charge < -0.3 is 10.4 Å². The minimum atomic E-state index is -0.641. The summed E-state index contributed by atoms with van der Waals surface area (Å²) in [4.78, 5) is 0. The van der Waals surface area contributed by atoms with Gasteiger partial charge in [-0.25, -0.2) is 4.39 Å². The topological polar surface area (TPSA) is 32.3 Å². The van der Waals surface area contributed by atoms with Gasteiger partial charge in [0.25, 0.3) is 0 Å². The average Bonchev–Trinajstić information content (AvgIpc) is 2.57. The quantitative estimate of drug-likeness (QED) is 0.740. The summed E-state index contributed by atoms with van der Waals surface area (Å²) in [5, 5.41) is 13.2. The molecule has 0 unspecified atom stereocenters. The predicted molar refractivity (Wildman–Crippen MR) is 52.5 cm³/mol. The molecular formula is C11H14FNO. The first-order valence-corrected chi connectivity index (χ1v) is 4.86. The summed E-state index contributed by atoms with van der Waals surface area (Å²) in [6.07, 6.45) is 1.37. The Morgan fingerprint density at radius 1 is 1.36 bits per heavy atom. The second-order valence-corrected chi connectivity index (χ2v) is 3.95. The van der Waals surface area contributed by atoms with E-state index in [1.165, 1.54) is 12.1 Å². The normalized spacial score (nSPS) is 26.7. The van der Waals surface area contributed by atoms with Crippen LogP contribution in [0.2, 0.25) is 0 Å². The first-order valence-electron chi connectivity index (χ1n) is 4.86. The Morgan fingerprint density at radius 3 is 2.64 bits per heavy atom. The van der Waals surface area contributed by atoms with Gasteiger partial charge in [0.05, 0.1) is 5.60 Å². The summed E-state index contributed by atoms with van der Waals surface area (Å²) in [5.74, 6) is -0.231. The van der Waals surface area contributed by atoms with Gasteiger partial charge in [-0.1, -0.05) is 12.1 Å². The molecule has 1 saturated heterocycles. The number of hydrogen-bond donors (Lipinski definition) is 2. The SMILES string of the molecule is O[C@@]1(Cc2ccc(F)cc2)CCNC1. The largest absolute Gasteiger partial charge is 0.388 e. The third-order valence-electron chi connectivity index (χ3n) is 2.67. The molecule has 0 bridgehead atoms. The Balaban J connectivity index is 2.06. The van der Waals surface area contributed by atoms with E-state index in [1.54, 1.807) is 12.1 Å². The summed E-state index contributed by atoms with van der Waals surface area (Å²) in [5.41, 5.74) is 0.343. The fourth-order valence-corrected chi connectivity index (χ4v) is 1.86. The molecule has 2 N–H and O–H groups in total. The molecule has 0 radical (unpaired) electrons. The highest BCUT2D eigenvalue weighted by molar-refractivity contribution is 5.18. The number of aliphatic hydroxyl groups is 1. The lowest BCUT2D eigenvalue weighted by Crippen LogP contribution is -2.33. The second kappa shape index (κ2) is 3.67. The molecule has 2 rings (SSSR count). The van der Waals surface area contributed by atoms with Crippen molar-refractivity contribution in [1.82, 2.24) is 5.32 Å². The van der Waals surface area contributed by atoms with E-state index < -0.39 is 5.60 Å². The van der Waals surface area contributed by atoms with Gasteiger partial charge in [-0.2, -0.15) is 0 Å². The van der Waals surface area contributed by atoms with Crippen LogP contribution in [0.4, 0.5) is 4.39 Å². The molecule has 1 aliphatic rings. The van der Waals surface area contributed by atoms with Crippen molar-refractivity contribution in [2.75, 3.05) is 13.1 Å². The van der Waals surface area contributed by atoms with Gasteiger partial charge in [0.15, 0.2) is 0 Å². The fraction of sp³-hybridized carbons (Fsp3) is 0.455. The van der Waals surface area contributed by atoms with Crippen LogP contribution in [0.25, 0.3) is 0 Å². The average molecular weight is 195 g/mol. The molecule has 1 aromatic carbocycles. The molecule has 1 aliphatic heterocycles. The van der Waals surface area contributed by atoms with E-state index in [0.29, 0.717) is 13.0 Å². The first-order chi connectivity index (χ1) is 6.68. The van der Waals surface area contributed by atoms with Gasteiger partial charge in [0.1, 0.15) is 5.82 Å². The third-order valence-corrected chi connectivity index (χ3v) is 2.67. The number of β-amino-alcohol motifs (C(OH)–C–C–N with tert-alkyl or cyclic N) is 1. The molecule has 0 saturated carbocycles. The summed E-state index contributed by atoms with van der Waals surface area (Å²) in [6, 6.07) is 6.32. The van der Waals surface area contributed by atoms with E-state index in [1.807, 2.05) is 0 Å². The highest BCUT2D eigenvalue weighted by atomic mass is 19.1. The lowest BCUT2D eigenvalue weighted by atomic mass is 9.94. The molecule has 0 amide bonds. The zero-order chi connectivity index (χ0) is 10.0. The predicted octanol–water partition coefficient (Wildman–Crippen LogP) is 1.09. The smallest absolute Gasteiger partial charge is 0.123 e. The van der Waals surface area contributed by atoms with Crippen molar-refractivity contribution in [3.05, 3.63) is 35.6 Å². The van der Waals surface area contributed by atoms with Gasteiger partial charge >= 0.3 is 0 Å². The van der Waals surface area contributed by atoms with Crippen molar-refractivity contribution in [2.45, 2.75) is 18.4 Å². The van der Waals surface area contributed by atoms with Crippen LogP contribution >= 0.6 is 0 Å². The van der Waals surface area contributed by atoms with Crippen molar-refractivity contribution in [3.8, 4) is 0 Å². The second-order valence-electron chi connectivity index (χ2n) is 3.95. The minimum absolute atomic E-state index is 0.231. The molecule has 0 spiro atoms. The Morgan fingerprint density at radius 2 is 2.07 bits per heavy atom. The van der Waals surface area contributed by atoms with E-state index in [2.05, 4.69) is 5.32 Å². The zero-order valence-corrected chi connectivity index (χ0v) is 7.96. The number of rotatable bonds is 2. The van der Waals surface area contributed by atoms with Crippen LogP contribution in [-0.4, -0.2) is 23.8 Å². The Labute approximate surface area is 82.8 Å². The van der Waals surface area contributed by atoms with Crippen molar-refractivity contribution in [1.29, 1.82) is 0 Å². The Kier molecular flexibility index (Phi) is 2.52. The Bertz CT molecular complexity index is 304. The number of nitrogens with one attached hydrogen (secondary N) is 1. The minimum Gasteiger partial charge on any atom is -0.388 e. The lowest BCUT2D eigenvalue weighted by molar-refractivity contribution is 0.0619. The fourth-order valence-electron chi connectivity index (χ4n) is 1.86. The van der Waals surface area contributed by atoms with Crippen LogP contribution in [0.5, 0.6) is 0 Å². The van der Waals surface area contributed by atoms with Gasteiger partial charge in [0.2, 0.25) is 0 Å². The summed E-state index contributed by atoms with van der Waals surface area (Å²) in [6.45, 7) is 1.49. The molecule has 1 heterocycles. The highest BCUT2D eigenvalue weighted by Crippen LogP contribution is 2.20. The van der Waals surface area contributed by atoms with Crippen molar-refractivity contribution in [2.24, 2.45) is 0 Å². The molecule has 1 atom stereocenters. The van der Waals surface area contributed by atoms with Crippen LogP contribution in [0.1, 0.15) is 12.0 Å². The molecule has 2 nitrogen and oxygen atoms in total. The maximum atomic E-state index is 12.6. The third kappa shape index (κ3) is 2.11. The summed E-state index contributed by atoms with van der Waals surface area (Å²) in [7, 11) is 0. The molecule has 14 heavy (non-hydrogen) atoms. The van der Waals surface area contributed by atoms with E-state index in [-0.39, 0.29) is 5.82 Å². The van der Waals surface area contributed by atoms with Crippen molar-refractivity contribution < 1.29 is 9.50 Å². The van der Waals surface area contributed by atoms with Crippen molar-refractivity contribution >= 4 is 0 Å². The summed E-state index contributed by atoms with van der Waals surface area (Å²) >= 11 is 0. The monoisotopic (exact) mass is 195 g/mol. The van der Waals surface area contributed by atoms with Gasteiger partial charge in [-0.3, -0.25) is 0 Å². The van der Waals surface area contributed by atoms with E-state index in [0.717, 1.165) is 18.5 Å². The highest BCUT2D eigenvalue weighted by Gasteiger charge is 2.30. The van der Waals surface area contributed by atoms with Crippen LogP contribution in [0.3, 0.4) is 0 Å². The summed E-state index contributed by atoms with van der Waals surface area (Å²) < 4.78 is 12.6. The van der Waals surface area contributed by atoms with E-state index >= 15 is 0 Å². The molecular weight excluding hydrogens is 181 g/mol. The number of hydrogen-bond acceptors (Lipinski definition) is 2. The van der Waals surface area contributed by atoms with E-state index in [4.69, 9.17) is 0 Å². The molecule has 3 heteroatoms. The van der Waals surface area contributed by atoms with E-state index in [9.17, 15) is 9.50 Å². The number of halogens is 1. The maximum Gasteiger partial charge on any atom is 0.123 e. The van der Waals surface area contributed by atoms with Gasteiger partial charge in [-0.05, 0) is 30.7 Å². The maximum absolute atomic E-state index is 12.6. The molecule has 1 fully saturated rings. The molecule has 1 aromatic rings. The van der Waals surface area contributed by atoms with Crippen LogP contribution < -0.4 is 5.32 Å². The molecule has 0 aromatic heterocycles. The van der Waals surface area contributed by atoms with Crippen LogP contribution in [-0.2, 0) is 6.42 Å². The van der Waals surface area contributed by atoms with Crippen LogP contribution in [0, 0.1) is 5.82 Å².